The van der Waals surface area contributed by atoms with Gasteiger partial charge in [0, 0.05) is 0 Å². The van der Waals surface area contributed by atoms with Gasteiger partial charge in [0.2, 0.25) is 0 Å². The van der Waals surface area contributed by atoms with Crippen molar-refractivity contribution in [3.05, 3.63) is 10.8 Å². The molecular formula is C4H2N4Na2S4. The summed E-state index contributed by atoms with van der Waals surface area (Å²) in [6, 6.07) is 0. The molecule has 0 aromatic carbocycles. The first kappa shape index (κ1) is 36.2. The minimum absolute atomic E-state index is 0. The molecule has 0 N–H and O–H groups in total. The average Bonchev–Trinajstić information content (AvgIpc) is 1.92. The van der Waals surface area contributed by atoms with E-state index in [9.17, 15) is 0 Å². The Morgan fingerprint density at radius 2 is 0.857 bits per heavy atom. The molecule has 0 bridgehead atoms. The predicted octanol–water partition coefficient (Wildman–Crippen LogP) is -3.88. The predicted molar refractivity (Wildman–Crippen MR) is 61.1 cm³/mol. The smallest absolute Gasteiger partial charge is 0.753 e. The second-order valence-corrected chi connectivity index (χ2v) is 1.15. The summed E-state index contributed by atoms with van der Waals surface area (Å²) < 4.78 is 0. The van der Waals surface area contributed by atoms with E-state index in [0.717, 1.165) is 0 Å². The topological polar surface area (TPSA) is 92.2 Å². The van der Waals surface area contributed by atoms with Crippen molar-refractivity contribution in [2.75, 3.05) is 0 Å². The summed E-state index contributed by atoms with van der Waals surface area (Å²) in [5.74, 6) is 0. The zero-order chi connectivity index (χ0) is 10.8. The molecule has 0 fully saturated rings. The van der Waals surface area contributed by atoms with Crippen LogP contribution in [-0.4, -0.2) is 10.3 Å². The van der Waals surface area contributed by atoms with Crippen LogP contribution in [0, 0.1) is 21.3 Å². The molecule has 4 nitrogen and oxygen atoms in total. The van der Waals surface area contributed by atoms with Crippen molar-refractivity contribution in [2.24, 2.45) is 0 Å². The fourth-order valence-electron chi connectivity index (χ4n) is 0. The standard InChI is InChI=1S/2CHNS.2CNS.2Na/c4*2-1-3;;/h2*3H;;;;/q;;2*-1;2*+1. The molecule has 0 aliphatic heterocycles. The summed E-state index contributed by atoms with van der Waals surface area (Å²) in [7, 11) is 0. The van der Waals surface area contributed by atoms with E-state index in [2.05, 4.69) is 49.7 Å². The van der Waals surface area contributed by atoms with E-state index in [-0.39, 0.29) is 59.1 Å². The maximum atomic E-state index is 7.18. The number of thiol groups is 2. The molecule has 0 aromatic rings. The number of hydrogen-bond acceptors (Lipinski definition) is 6. The Labute approximate surface area is 149 Å². The van der Waals surface area contributed by atoms with Gasteiger partial charge in [-0.15, -0.1) is 0 Å². The Bertz CT molecular complexity index is 184. The molecule has 64 valence electrons. The van der Waals surface area contributed by atoms with E-state index in [1.165, 1.54) is 21.1 Å². The Morgan fingerprint density at radius 3 is 0.857 bits per heavy atom. The number of thiocyanates is 2. The Kier molecular flexibility index (Phi) is 233. The third kappa shape index (κ3) is 1220. The van der Waals surface area contributed by atoms with Crippen molar-refractivity contribution < 1.29 is 59.1 Å². The van der Waals surface area contributed by atoms with Crippen LogP contribution in [0.15, 0.2) is 0 Å². The number of nitrogens with zero attached hydrogens (tertiary/aromatic N) is 4. The van der Waals surface area contributed by atoms with Crippen LogP contribution < -0.4 is 59.1 Å². The Balaban J connectivity index is -0.0000000145. The van der Waals surface area contributed by atoms with Gasteiger partial charge in [-0.25, -0.2) is 0 Å². The van der Waals surface area contributed by atoms with Crippen molar-refractivity contribution in [2.45, 2.75) is 0 Å². The molecule has 0 saturated heterocycles. The van der Waals surface area contributed by atoms with Crippen molar-refractivity contribution in [1.29, 1.82) is 10.5 Å². The van der Waals surface area contributed by atoms with Crippen molar-refractivity contribution in [3.63, 3.8) is 0 Å². The SMILES string of the molecule is N#CS.N#CS.[N-]=C=S.[N-]=C=S.[Na+].[Na+]. The van der Waals surface area contributed by atoms with Gasteiger partial charge in [-0.05, 0) is 0 Å². The molecule has 0 spiro atoms. The molecule has 0 rings (SSSR count). The molecule has 0 unspecified atom stereocenters. The molecule has 14 heavy (non-hydrogen) atoms. The van der Waals surface area contributed by atoms with E-state index in [1.807, 2.05) is 0 Å². The first-order valence-corrected chi connectivity index (χ1v) is 3.46. The van der Waals surface area contributed by atoms with Crippen LogP contribution in [0.3, 0.4) is 0 Å². The van der Waals surface area contributed by atoms with Gasteiger partial charge < -0.3 is 10.8 Å². The summed E-state index contributed by atoms with van der Waals surface area (Å²) in [6.45, 7) is 0. The molecule has 0 heterocycles. The van der Waals surface area contributed by atoms with Gasteiger partial charge in [0.1, 0.15) is 10.8 Å². The largest absolute Gasteiger partial charge is 1.00 e. The molecule has 10 heteroatoms. The van der Waals surface area contributed by atoms with Crippen LogP contribution in [0.2, 0.25) is 0 Å². The van der Waals surface area contributed by atoms with Crippen LogP contribution in [0.5, 0.6) is 0 Å². The minimum Gasteiger partial charge on any atom is -0.753 e. The second kappa shape index (κ2) is 90.3. The van der Waals surface area contributed by atoms with E-state index >= 15 is 0 Å². The molecule has 0 radical (unpaired) electrons. The number of thiocarbonyl (C=S) groups is 2. The van der Waals surface area contributed by atoms with Gasteiger partial charge in [-0.3, -0.25) is 0 Å². The summed E-state index contributed by atoms with van der Waals surface area (Å²) in [5.41, 5.74) is 0. The van der Waals surface area contributed by atoms with Gasteiger partial charge in [0.05, 0.1) is 0 Å². The third-order valence-corrected chi connectivity index (χ3v) is 0. The van der Waals surface area contributed by atoms with Gasteiger partial charge in [-0.2, -0.15) is 20.8 Å². The second-order valence-electron chi connectivity index (χ2n) is 0.383. The zero-order valence-corrected chi connectivity index (χ0v) is 14.9. The molecular weight excluding hydrogens is 278 g/mol. The average molecular weight is 280 g/mol. The monoisotopic (exact) mass is 280 g/mol. The number of rotatable bonds is 0. The van der Waals surface area contributed by atoms with Gasteiger partial charge in [0.25, 0.3) is 0 Å². The van der Waals surface area contributed by atoms with Crippen molar-refractivity contribution in [3.8, 4) is 10.8 Å². The molecule has 0 amide bonds. The number of nitriles is 2. The van der Waals surface area contributed by atoms with E-state index < -0.39 is 0 Å². The summed E-state index contributed by atoms with van der Waals surface area (Å²) >= 11 is 13.6. The number of isothiocyanates is 2. The molecule has 0 aromatic heterocycles. The first-order chi connectivity index (χ1) is 5.66. The fraction of sp³-hybridized carbons (Fsp3) is 0. The quantitative estimate of drug-likeness (QED) is 0.156. The fourth-order valence-corrected chi connectivity index (χ4v) is 0. The Morgan fingerprint density at radius 1 is 0.857 bits per heavy atom. The van der Waals surface area contributed by atoms with E-state index in [0.29, 0.717) is 0 Å². The molecule has 0 aliphatic rings. The van der Waals surface area contributed by atoms with E-state index in [1.54, 1.807) is 0 Å². The van der Waals surface area contributed by atoms with Crippen LogP contribution in [0.1, 0.15) is 0 Å². The number of hydrogen-bond donors (Lipinski definition) is 2. The summed E-state index contributed by atoms with van der Waals surface area (Å²) in [5, 5.41) is 34.2. The van der Waals surface area contributed by atoms with E-state index in [4.69, 9.17) is 21.3 Å². The maximum absolute atomic E-state index is 7.18. The third-order valence-electron chi connectivity index (χ3n) is 0. The van der Waals surface area contributed by atoms with Gasteiger partial charge in [0.15, 0.2) is 0 Å². The molecule has 0 atom stereocenters. The molecule has 0 saturated carbocycles. The Hall–Kier alpha value is 1.28. The van der Waals surface area contributed by atoms with Gasteiger partial charge >= 0.3 is 59.1 Å². The van der Waals surface area contributed by atoms with Crippen molar-refractivity contribution >= 4 is 60.0 Å². The van der Waals surface area contributed by atoms with Crippen LogP contribution in [0.25, 0.3) is 10.8 Å². The zero-order valence-electron chi connectivity index (χ0n) is 7.50. The molecule has 0 aliphatic carbocycles. The van der Waals surface area contributed by atoms with Crippen LogP contribution >= 0.6 is 49.7 Å². The minimum atomic E-state index is 0. The summed E-state index contributed by atoms with van der Waals surface area (Å²) in [6.07, 6.45) is 0. The van der Waals surface area contributed by atoms with Crippen molar-refractivity contribution in [1.82, 2.24) is 0 Å². The van der Waals surface area contributed by atoms with Crippen LogP contribution in [-0.2, 0) is 0 Å². The first-order valence-electron chi connectivity index (χ1n) is 1.75. The normalized spacial score (nSPS) is 2.29. The maximum Gasteiger partial charge on any atom is 1.00 e. The summed E-state index contributed by atoms with van der Waals surface area (Å²) in [4.78, 5) is 0. The van der Waals surface area contributed by atoms with Crippen LogP contribution in [0.4, 0.5) is 0 Å². The van der Waals surface area contributed by atoms with Gasteiger partial charge in [-0.1, -0.05) is 49.7 Å².